The summed E-state index contributed by atoms with van der Waals surface area (Å²) in [5.74, 6) is 1.86. The van der Waals surface area contributed by atoms with Crippen molar-refractivity contribution in [3.63, 3.8) is 0 Å². The Kier molecular flexibility index (Phi) is 4.52. The van der Waals surface area contributed by atoms with Crippen molar-refractivity contribution >= 4 is 0 Å². The number of hydrogen-bond acceptors (Lipinski definition) is 5. The van der Waals surface area contributed by atoms with Gasteiger partial charge in [0.15, 0.2) is 5.82 Å². The van der Waals surface area contributed by atoms with E-state index in [1.807, 2.05) is 38.1 Å². The molecule has 19 heavy (non-hydrogen) atoms. The number of para-hydroxylation sites is 1. The fraction of sp³-hybridized carbons (Fsp3) is 0.429. The Labute approximate surface area is 112 Å². The van der Waals surface area contributed by atoms with Crippen molar-refractivity contribution in [2.75, 3.05) is 6.61 Å². The minimum absolute atomic E-state index is 0.0626. The Balaban J connectivity index is 2.22. The van der Waals surface area contributed by atoms with E-state index >= 15 is 0 Å². The zero-order chi connectivity index (χ0) is 13.7. The van der Waals surface area contributed by atoms with Gasteiger partial charge in [0.2, 0.25) is 0 Å². The molecule has 0 amide bonds. The third-order valence-electron chi connectivity index (χ3n) is 2.85. The Hall–Kier alpha value is -1.88. The predicted molar refractivity (Wildman–Crippen MR) is 72.9 cm³/mol. The summed E-state index contributed by atoms with van der Waals surface area (Å²) in [6.07, 6.45) is 1.51. The van der Waals surface area contributed by atoms with Crippen LogP contribution in [-0.4, -0.2) is 22.8 Å². The van der Waals surface area contributed by atoms with Crippen molar-refractivity contribution < 1.29 is 9.26 Å². The van der Waals surface area contributed by atoms with E-state index in [0.717, 1.165) is 17.7 Å². The van der Waals surface area contributed by atoms with E-state index < -0.39 is 0 Å². The Bertz CT molecular complexity index is 525. The molecule has 1 aromatic heterocycles. The van der Waals surface area contributed by atoms with Gasteiger partial charge in [-0.3, -0.25) is 0 Å². The van der Waals surface area contributed by atoms with E-state index in [4.69, 9.17) is 15.0 Å². The molecule has 0 fully saturated rings. The number of aromatic nitrogens is 2. The van der Waals surface area contributed by atoms with Gasteiger partial charge in [-0.1, -0.05) is 24.2 Å². The van der Waals surface area contributed by atoms with Crippen molar-refractivity contribution in [1.29, 1.82) is 0 Å². The molecule has 0 bridgehead atoms. The van der Waals surface area contributed by atoms with E-state index in [-0.39, 0.29) is 6.04 Å². The highest BCUT2D eigenvalue weighted by atomic mass is 16.5. The van der Waals surface area contributed by atoms with Gasteiger partial charge < -0.3 is 15.0 Å². The van der Waals surface area contributed by atoms with Crippen LogP contribution in [0.25, 0.3) is 11.5 Å². The fourth-order valence-electron chi connectivity index (χ4n) is 1.75. The normalized spacial score (nSPS) is 12.4. The van der Waals surface area contributed by atoms with E-state index in [2.05, 4.69) is 10.1 Å². The molecule has 0 aliphatic heterocycles. The Morgan fingerprint density at radius 2 is 2.11 bits per heavy atom. The lowest BCUT2D eigenvalue weighted by Gasteiger charge is -2.06. The molecule has 2 rings (SSSR count). The SMILES string of the molecule is CCOc1ccccc1-c1nc(CC(N)CC)no1. The summed E-state index contributed by atoms with van der Waals surface area (Å²) in [5.41, 5.74) is 6.70. The predicted octanol–water partition coefficient (Wildman–Crippen LogP) is 2.42. The Morgan fingerprint density at radius 1 is 1.32 bits per heavy atom. The van der Waals surface area contributed by atoms with Crippen LogP contribution in [0.2, 0.25) is 0 Å². The lowest BCUT2D eigenvalue weighted by molar-refractivity contribution is 0.339. The van der Waals surface area contributed by atoms with Gasteiger partial charge in [0.05, 0.1) is 12.2 Å². The molecule has 0 saturated carbocycles. The topological polar surface area (TPSA) is 74.2 Å². The molecule has 0 saturated heterocycles. The van der Waals surface area contributed by atoms with Crippen molar-refractivity contribution in [3.05, 3.63) is 30.1 Å². The molecule has 1 atom stereocenters. The second-order valence-electron chi connectivity index (χ2n) is 4.32. The third-order valence-corrected chi connectivity index (χ3v) is 2.85. The van der Waals surface area contributed by atoms with Crippen LogP contribution in [0.5, 0.6) is 5.75 Å². The second kappa shape index (κ2) is 6.33. The molecule has 0 aliphatic carbocycles. The first kappa shape index (κ1) is 13.5. The van der Waals surface area contributed by atoms with Crippen molar-refractivity contribution in [2.24, 2.45) is 5.73 Å². The van der Waals surface area contributed by atoms with Crippen LogP contribution in [0, 0.1) is 0 Å². The van der Waals surface area contributed by atoms with Crippen molar-refractivity contribution in [3.8, 4) is 17.2 Å². The molecule has 2 N–H and O–H groups in total. The molecule has 0 spiro atoms. The molecule has 5 nitrogen and oxygen atoms in total. The standard InChI is InChI=1S/C14H19N3O2/c1-3-10(15)9-13-16-14(19-17-13)11-7-5-6-8-12(11)18-4-2/h5-8,10H,3-4,9,15H2,1-2H3. The van der Waals surface area contributed by atoms with Gasteiger partial charge in [-0.15, -0.1) is 0 Å². The summed E-state index contributed by atoms with van der Waals surface area (Å²) in [5, 5.41) is 3.96. The molecule has 1 heterocycles. The number of benzene rings is 1. The number of hydrogen-bond donors (Lipinski definition) is 1. The number of nitrogens with two attached hydrogens (primary N) is 1. The minimum Gasteiger partial charge on any atom is -0.493 e. The average molecular weight is 261 g/mol. The van der Waals surface area contributed by atoms with Gasteiger partial charge >= 0.3 is 0 Å². The maximum atomic E-state index is 5.88. The zero-order valence-electron chi connectivity index (χ0n) is 11.3. The maximum Gasteiger partial charge on any atom is 0.261 e. The van der Waals surface area contributed by atoms with E-state index in [1.165, 1.54) is 0 Å². The Morgan fingerprint density at radius 3 is 2.84 bits per heavy atom. The molecule has 5 heteroatoms. The molecule has 2 aromatic rings. The quantitative estimate of drug-likeness (QED) is 0.864. The number of rotatable bonds is 6. The van der Waals surface area contributed by atoms with Crippen molar-refractivity contribution in [2.45, 2.75) is 32.7 Å². The minimum atomic E-state index is 0.0626. The smallest absolute Gasteiger partial charge is 0.261 e. The van der Waals surface area contributed by atoms with Crippen LogP contribution in [0.15, 0.2) is 28.8 Å². The first-order chi connectivity index (χ1) is 9.24. The molecule has 0 aliphatic rings. The summed E-state index contributed by atoms with van der Waals surface area (Å²) in [7, 11) is 0. The lowest BCUT2D eigenvalue weighted by Crippen LogP contribution is -2.21. The zero-order valence-corrected chi connectivity index (χ0v) is 11.3. The molecule has 1 unspecified atom stereocenters. The third kappa shape index (κ3) is 3.32. The first-order valence-corrected chi connectivity index (χ1v) is 6.55. The maximum absolute atomic E-state index is 5.88. The molecular weight excluding hydrogens is 242 g/mol. The van der Waals surface area contributed by atoms with E-state index in [0.29, 0.717) is 24.7 Å². The van der Waals surface area contributed by atoms with Gasteiger partial charge in [0.1, 0.15) is 5.75 Å². The largest absolute Gasteiger partial charge is 0.493 e. The number of nitrogens with zero attached hydrogens (tertiary/aromatic N) is 2. The molecule has 1 aromatic carbocycles. The summed E-state index contributed by atoms with van der Waals surface area (Å²) in [4.78, 5) is 4.37. The van der Waals surface area contributed by atoms with Gasteiger partial charge in [-0.2, -0.15) is 4.98 Å². The second-order valence-corrected chi connectivity index (χ2v) is 4.32. The number of ether oxygens (including phenoxy) is 1. The van der Waals surface area contributed by atoms with Gasteiger partial charge in [0, 0.05) is 12.5 Å². The summed E-state index contributed by atoms with van der Waals surface area (Å²) >= 11 is 0. The van der Waals surface area contributed by atoms with Crippen LogP contribution >= 0.6 is 0 Å². The van der Waals surface area contributed by atoms with Crippen LogP contribution in [0.3, 0.4) is 0 Å². The average Bonchev–Trinajstić information content (AvgIpc) is 2.88. The molecular formula is C14H19N3O2. The van der Waals surface area contributed by atoms with Crippen LogP contribution in [0.1, 0.15) is 26.1 Å². The summed E-state index contributed by atoms with van der Waals surface area (Å²) in [6, 6.07) is 7.69. The van der Waals surface area contributed by atoms with Gasteiger partial charge in [-0.25, -0.2) is 0 Å². The van der Waals surface area contributed by atoms with Crippen LogP contribution in [0.4, 0.5) is 0 Å². The van der Waals surface area contributed by atoms with Crippen LogP contribution < -0.4 is 10.5 Å². The lowest BCUT2D eigenvalue weighted by atomic mass is 10.1. The highest BCUT2D eigenvalue weighted by Crippen LogP contribution is 2.28. The van der Waals surface area contributed by atoms with Gasteiger partial charge in [-0.05, 0) is 25.5 Å². The highest BCUT2D eigenvalue weighted by Gasteiger charge is 2.14. The monoisotopic (exact) mass is 261 g/mol. The highest BCUT2D eigenvalue weighted by molar-refractivity contribution is 5.62. The van der Waals surface area contributed by atoms with Crippen molar-refractivity contribution in [1.82, 2.24) is 10.1 Å². The van der Waals surface area contributed by atoms with E-state index in [9.17, 15) is 0 Å². The van der Waals surface area contributed by atoms with Crippen LogP contribution in [-0.2, 0) is 6.42 Å². The van der Waals surface area contributed by atoms with E-state index in [1.54, 1.807) is 0 Å². The van der Waals surface area contributed by atoms with Gasteiger partial charge in [0.25, 0.3) is 5.89 Å². The summed E-state index contributed by atoms with van der Waals surface area (Å²) in [6.45, 7) is 4.57. The first-order valence-electron chi connectivity index (χ1n) is 6.55. The summed E-state index contributed by atoms with van der Waals surface area (Å²) < 4.78 is 10.8. The molecule has 0 radical (unpaired) electrons. The fourth-order valence-corrected chi connectivity index (χ4v) is 1.75. The molecule has 102 valence electrons.